The molecular weight excluding hydrogens is 286 g/mol. The minimum Gasteiger partial charge on any atom is -0.486 e. The van der Waals surface area contributed by atoms with E-state index in [-0.39, 0.29) is 6.10 Å². The lowest BCUT2D eigenvalue weighted by atomic mass is 10.1. The quantitative estimate of drug-likeness (QED) is 0.942. The van der Waals surface area contributed by atoms with Crippen LogP contribution >= 0.6 is 0 Å². The van der Waals surface area contributed by atoms with E-state index < -0.39 is 6.10 Å². The Labute approximate surface area is 137 Å². The van der Waals surface area contributed by atoms with E-state index >= 15 is 0 Å². The van der Waals surface area contributed by atoms with Crippen LogP contribution in [0, 0.1) is 0 Å². The van der Waals surface area contributed by atoms with Crippen molar-refractivity contribution in [2.45, 2.75) is 38.0 Å². The predicted molar refractivity (Wildman–Crippen MR) is 90.6 cm³/mol. The topological polar surface area (TPSA) is 32.7 Å². The number of likely N-dealkylation sites (tertiary alicyclic amines) is 1. The fourth-order valence-electron chi connectivity index (χ4n) is 3.72. The third kappa shape index (κ3) is 3.26. The van der Waals surface area contributed by atoms with Gasteiger partial charge in [0.25, 0.3) is 0 Å². The maximum absolute atomic E-state index is 10.3. The van der Waals surface area contributed by atoms with E-state index in [1.807, 2.05) is 6.07 Å². The summed E-state index contributed by atoms with van der Waals surface area (Å²) in [6.45, 7) is 2.31. The second-order valence-electron chi connectivity index (χ2n) is 6.69. The predicted octanol–water partition coefficient (Wildman–Crippen LogP) is 2.80. The number of benzene rings is 2. The van der Waals surface area contributed by atoms with Crippen LogP contribution in [0.25, 0.3) is 0 Å². The van der Waals surface area contributed by atoms with Crippen molar-refractivity contribution in [3.63, 3.8) is 0 Å². The lowest BCUT2D eigenvalue weighted by Gasteiger charge is -2.18. The molecule has 120 valence electrons. The van der Waals surface area contributed by atoms with Crippen molar-refractivity contribution in [1.29, 1.82) is 0 Å². The van der Waals surface area contributed by atoms with Gasteiger partial charge in [-0.3, -0.25) is 4.90 Å². The number of aryl methyl sites for hydroxylation is 2. The second kappa shape index (κ2) is 6.34. The molecule has 1 N–H and O–H groups in total. The van der Waals surface area contributed by atoms with Crippen molar-refractivity contribution in [1.82, 2.24) is 4.90 Å². The fraction of sp³-hybridized carbons (Fsp3) is 0.400. The number of rotatable bonds is 4. The molecular formula is C20H23NO2. The number of β-amino-alcohol motifs (C(OH)–C–C–N with tert-alkyl or cyclic N) is 1. The molecule has 23 heavy (non-hydrogen) atoms. The summed E-state index contributed by atoms with van der Waals surface area (Å²) in [5.41, 5.74) is 4.14. The highest BCUT2D eigenvalue weighted by Gasteiger charge is 2.33. The molecule has 0 aromatic heterocycles. The van der Waals surface area contributed by atoms with E-state index in [1.165, 1.54) is 29.5 Å². The summed E-state index contributed by atoms with van der Waals surface area (Å²) in [6, 6.07) is 16.8. The van der Waals surface area contributed by atoms with Gasteiger partial charge in [-0.2, -0.15) is 0 Å². The Balaban J connectivity index is 1.40. The Morgan fingerprint density at radius 1 is 1.00 bits per heavy atom. The van der Waals surface area contributed by atoms with E-state index in [9.17, 15) is 5.11 Å². The minimum atomic E-state index is -0.424. The Hall–Kier alpha value is -1.84. The summed E-state index contributed by atoms with van der Waals surface area (Å²) < 4.78 is 6.09. The Morgan fingerprint density at radius 3 is 2.70 bits per heavy atom. The van der Waals surface area contributed by atoms with Crippen LogP contribution < -0.4 is 4.74 Å². The van der Waals surface area contributed by atoms with Gasteiger partial charge in [-0.05, 0) is 48.1 Å². The first kappa shape index (κ1) is 14.7. The molecule has 0 bridgehead atoms. The molecule has 2 atom stereocenters. The van der Waals surface area contributed by atoms with Gasteiger partial charge in [0.15, 0.2) is 0 Å². The van der Waals surface area contributed by atoms with Crippen LogP contribution in [0.3, 0.4) is 0 Å². The molecule has 2 aromatic rings. The Bertz CT molecular complexity index is 671. The minimum absolute atomic E-state index is 0.141. The fourth-order valence-corrected chi connectivity index (χ4v) is 3.72. The van der Waals surface area contributed by atoms with Gasteiger partial charge in [-0.15, -0.1) is 0 Å². The van der Waals surface area contributed by atoms with Crippen molar-refractivity contribution in [2.75, 3.05) is 13.1 Å². The molecule has 0 radical (unpaired) electrons. The summed E-state index contributed by atoms with van der Waals surface area (Å²) in [6.07, 6.45) is 3.02. The highest BCUT2D eigenvalue weighted by molar-refractivity contribution is 5.38. The monoisotopic (exact) mass is 309 g/mol. The van der Waals surface area contributed by atoms with E-state index in [0.29, 0.717) is 6.54 Å². The lowest BCUT2D eigenvalue weighted by Crippen LogP contribution is -2.30. The molecule has 1 fully saturated rings. The Kier molecular flexibility index (Phi) is 4.06. The molecule has 3 nitrogen and oxygen atoms in total. The number of nitrogens with zero attached hydrogens (tertiary/aromatic N) is 1. The van der Waals surface area contributed by atoms with Crippen LogP contribution in [0.2, 0.25) is 0 Å². The van der Waals surface area contributed by atoms with Crippen molar-refractivity contribution in [2.24, 2.45) is 0 Å². The highest BCUT2D eigenvalue weighted by Crippen LogP contribution is 2.28. The van der Waals surface area contributed by atoms with Crippen molar-refractivity contribution in [3.8, 4) is 5.75 Å². The molecule has 0 amide bonds. The molecule has 2 aliphatic rings. The van der Waals surface area contributed by atoms with Gasteiger partial charge < -0.3 is 9.84 Å². The van der Waals surface area contributed by atoms with Crippen molar-refractivity contribution < 1.29 is 9.84 Å². The van der Waals surface area contributed by atoms with Crippen LogP contribution in [-0.2, 0) is 19.4 Å². The molecule has 1 aliphatic carbocycles. The number of aliphatic hydroxyl groups is 1. The van der Waals surface area contributed by atoms with Crippen LogP contribution in [0.5, 0.6) is 5.75 Å². The SMILES string of the molecule is OC1CN(Cc2ccccc2)CC1Oc1ccc2c(c1)CCC2. The van der Waals surface area contributed by atoms with Gasteiger partial charge in [0.2, 0.25) is 0 Å². The normalized spacial score (nSPS) is 23.9. The summed E-state index contributed by atoms with van der Waals surface area (Å²) in [5, 5.41) is 10.3. The zero-order valence-electron chi connectivity index (χ0n) is 13.3. The van der Waals surface area contributed by atoms with E-state index in [2.05, 4.69) is 47.4 Å². The molecule has 1 saturated heterocycles. The molecule has 1 heterocycles. The van der Waals surface area contributed by atoms with Gasteiger partial charge in [0.1, 0.15) is 18.0 Å². The standard InChI is InChI=1S/C20H23NO2/c22-19-13-21(12-15-5-2-1-3-6-15)14-20(19)23-18-10-9-16-7-4-8-17(16)11-18/h1-3,5-6,9-11,19-20,22H,4,7-8,12-14H2. The summed E-state index contributed by atoms with van der Waals surface area (Å²) >= 11 is 0. The molecule has 2 unspecified atom stereocenters. The first-order chi connectivity index (χ1) is 11.3. The van der Waals surface area contributed by atoms with Crippen LogP contribution in [0.1, 0.15) is 23.1 Å². The van der Waals surface area contributed by atoms with Gasteiger partial charge in [-0.25, -0.2) is 0 Å². The van der Waals surface area contributed by atoms with Crippen LogP contribution in [0.4, 0.5) is 0 Å². The van der Waals surface area contributed by atoms with E-state index in [1.54, 1.807) is 0 Å². The molecule has 0 spiro atoms. The molecule has 0 saturated carbocycles. The highest BCUT2D eigenvalue weighted by atomic mass is 16.5. The molecule has 3 heteroatoms. The third-order valence-electron chi connectivity index (χ3n) is 4.92. The molecule has 1 aliphatic heterocycles. The first-order valence-corrected chi connectivity index (χ1v) is 8.51. The van der Waals surface area contributed by atoms with Gasteiger partial charge in [0, 0.05) is 19.6 Å². The maximum Gasteiger partial charge on any atom is 0.138 e. The van der Waals surface area contributed by atoms with E-state index in [4.69, 9.17) is 4.74 Å². The lowest BCUT2D eigenvalue weighted by molar-refractivity contribution is 0.0736. The zero-order chi connectivity index (χ0) is 15.6. The number of hydrogen-bond acceptors (Lipinski definition) is 3. The average Bonchev–Trinajstić information content (AvgIpc) is 3.15. The smallest absolute Gasteiger partial charge is 0.138 e. The van der Waals surface area contributed by atoms with Crippen molar-refractivity contribution in [3.05, 3.63) is 65.2 Å². The number of ether oxygens (including phenoxy) is 1. The van der Waals surface area contributed by atoms with Crippen LogP contribution in [0.15, 0.2) is 48.5 Å². The van der Waals surface area contributed by atoms with E-state index in [0.717, 1.165) is 25.3 Å². The van der Waals surface area contributed by atoms with Gasteiger partial charge in [0.05, 0.1) is 0 Å². The van der Waals surface area contributed by atoms with Crippen molar-refractivity contribution >= 4 is 0 Å². The zero-order valence-corrected chi connectivity index (χ0v) is 13.3. The average molecular weight is 309 g/mol. The summed E-state index contributed by atoms with van der Waals surface area (Å²) in [4.78, 5) is 2.26. The summed E-state index contributed by atoms with van der Waals surface area (Å²) in [7, 11) is 0. The third-order valence-corrected chi connectivity index (χ3v) is 4.92. The molecule has 2 aromatic carbocycles. The largest absolute Gasteiger partial charge is 0.486 e. The number of fused-ring (bicyclic) bond motifs is 1. The van der Waals surface area contributed by atoms with Gasteiger partial charge in [-0.1, -0.05) is 36.4 Å². The van der Waals surface area contributed by atoms with Crippen LogP contribution in [-0.4, -0.2) is 35.3 Å². The Morgan fingerprint density at radius 2 is 1.83 bits per heavy atom. The molecule has 4 rings (SSSR count). The summed E-state index contributed by atoms with van der Waals surface area (Å²) in [5.74, 6) is 0.899. The number of hydrogen-bond donors (Lipinski definition) is 1. The van der Waals surface area contributed by atoms with Gasteiger partial charge >= 0.3 is 0 Å². The maximum atomic E-state index is 10.3. The second-order valence-corrected chi connectivity index (χ2v) is 6.69. The number of aliphatic hydroxyl groups excluding tert-OH is 1. The first-order valence-electron chi connectivity index (χ1n) is 8.51.